The SMILES string of the molecule is Cc1nc(CCc2nc3c4c(ccc3[nH]2)OCCO4)nc2ccccc12. The quantitative estimate of drug-likeness (QED) is 0.616. The van der Waals surface area contributed by atoms with Gasteiger partial charge in [-0.25, -0.2) is 15.0 Å². The topological polar surface area (TPSA) is 72.9 Å². The van der Waals surface area contributed by atoms with Gasteiger partial charge in [0.05, 0.1) is 11.0 Å². The highest BCUT2D eigenvalue weighted by atomic mass is 16.6. The molecule has 6 nitrogen and oxygen atoms in total. The highest BCUT2D eigenvalue weighted by Crippen LogP contribution is 2.36. The van der Waals surface area contributed by atoms with E-state index in [1.54, 1.807) is 0 Å². The molecule has 0 bridgehead atoms. The molecule has 3 heterocycles. The standard InChI is InChI=1S/C20H18N4O2/c1-12-13-4-2-3-5-14(13)22-17(21-12)8-9-18-23-15-6-7-16-20(19(15)24-18)26-11-10-25-16/h2-7H,8-11H2,1H3,(H,23,24). The smallest absolute Gasteiger partial charge is 0.189 e. The molecule has 1 aliphatic heterocycles. The third-order valence-corrected chi connectivity index (χ3v) is 4.63. The van der Waals surface area contributed by atoms with Crippen LogP contribution in [0.3, 0.4) is 0 Å². The van der Waals surface area contributed by atoms with E-state index in [1.165, 1.54) is 0 Å². The van der Waals surface area contributed by atoms with Crippen molar-refractivity contribution in [3.63, 3.8) is 0 Å². The Morgan fingerprint density at radius 1 is 0.962 bits per heavy atom. The van der Waals surface area contributed by atoms with E-state index >= 15 is 0 Å². The first-order chi connectivity index (χ1) is 12.8. The van der Waals surface area contributed by atoms with E-state index in [1.807, 2.05) is 37.3 Å². The first-order valence-electron chi connectivity index (χ1n) is 8.77. The molecule has 4 aromatic rings. The Kier molecular flexibility index (Phi) is 3.48. The summed E-state index contributed by atoms with van der Waals surface area (Å²) in [5.74, 6) is 3.23. The Morgan fingerprint density at radius 2 is 1.85 bits per heavy atom. The molecule has 0 saturated heterocycles. The lowest BCUT2D eigenvalue weighted by atomic mass is 10.2. The van der Waals surface area contributed by atoms with Gasteiger partial charge in [0.25, 0.3) is 0 Å². The number of para-hydroxylation sites is 1. The summed E-state index contributed by atoms with van der Waals surface area (Å²) in [6.07, 6.45) is 1.47. The summed E-state index contributed by atoms with van der Waals surface area (Å²) in [4.78, 5) is 17.4. The molecule has 0 atom stereocenters. The van der Waals surface area contributed by atoms with Crippen molar-refractivity contribution in [3.8, 4) is 11.5 Å². The van der Waals surface area contributed by atoms with Crippen molar-refractivity contribution in [1.82, 2.24) is 19.9 Å². The predicted molar refractivity (Wildman–Crippen MR) is 98.8 cm³/mol. The lowest BCUT2D eigenvalue weighted by Crippen LogP contribution is -2.15. The van der Waals surface area contributed by atoms with Gasteiger partial charge in [-0.15, -0.1) is 0 Å². The molecular formula is C20H18N4O2. The molecular weight excluding hydrogens is 328 g/mol. The molecule has 0 amide bonds. The number of ether oxygens (including phenoxy) is 2. The van der Waals surface area contributed by atoms with Gasteiger partial charge in [0.15, 0.2) is 11.5 Å². The van der Waals surface area contributed by atoms with Crippen LogP contribution in [0.5, 0.6) is 11.5 Å². The predicted octanol–water partition coefficient (Wildman–Crippen LogP) is 3.37. The Morgan fingerprint density at radius 3 is 2.81 bits per heavy atom. The number of benzene rings is 2. The normalized spacial score (nSPS) is 13.4. The number of hydrogen-bond acceptors (Lipinski definition) is 5. The minimum Gasteiger partial charge on any atom is -0.486 e. The van der Waals surface area contributed by atoms with E-state index in [0.717, 1.165) is 63.6 Å². The molecule has 130 valence electrons. The first kappa shape index (κ1) is 15.1. The fourth-order valence-electron chi connectivity index (χ4n) is 3.39. The zero-order valence-corrected chi connectivity index (χ0v) is 14.5. The van der Waals surface area contributed by atoms with Crippen LogP contribution in [-0.4, -0.2) is 33.1 Å². The first-order valence-corrected chi connectivity index (χ1v) is 8.77. The van der Waals surface area contributed by atoms with Crippen molar-refractivity contribution in [2.45, 2.75) is 19.8 Å². The van der Waals surface area contributed by atoms with Crippen molar-refractivity contribution in [2.75, 3.05) is 13.2 Å². The molecule has 6 heteroatoms. The van der Waals surface area contributed by atoms with E-state index in [0.29, 0.717) is 13.2 Å². The van der Waals surface area contributed by atoms with E-state index in [-0.39, 0.29) is 0 Å². The lowest BCUT2D eigenvalue weighted by molar-refractivity contribution is 0.173. The summed E-state index contributed by atoms with van der Waals surface area (Å²) in [6.45, 7) is 3.16. The van der Waals surface area contributed by atoms with Gasteiger partial charge in [0.2, 0.25) is 0 Å². The summed E-state index contributed by atoms with van der Waals surface area (Å²) < 4.78 is 11.4. The second-order valence-corrected chi connectivity index (χ2v) is 6.41. The fraction of sp³-hybridized carbons (Fsp3) is 0.250. The third-order valence-electron chi connectivity index (χ3n) is 4.63. The third kappa shape index (κ3) is 2.54. The maximum absolute atomic E-state index is 5.74. The Hall–Kier alpha value is -3.15. The number of imidazole rings is 1. The number of nitrogens with zero attached hydrogens (tertiary/aromatic N) is 3. The van der Waals surface area contributed by atoms with Gasteiger partial charge >= 0.3 is 0 Å². The van der Waals surface area contributed by atoms with Crippen molar-refractivity contribution < 1.29 is 9.47 Å². The molecule has 0 aliphatic carbocycles. The summed E-state index contributed by atoms with van der Waals surface area (Å²) >= 11 is 0. The number of H-pyrrole nitrogens is 1. The number of aromatic amines is 1. The number of nitrogens with one attached hydrogen (secondary N) is 1. The minimum absolute atomic E-state index is 0.554. The Balaban J connectivity index is 1.43. The molecule has 0 fully saturated rings. The molecule has 0 unspecified atom stereocenters. The van der Waals surface area contributed by atoms with Gasteiger partial charge in [0, 0.05) is 23.9 Å². The van der Waals surface area contributed by atoms with Gasteiger partial charge < -0.3 is 14.5 Å². The van der Waals surface area contributed by atoms with Gasteiger partial charge in [-0.2, -0.15) is 0 Å². The van der Waals surface area contributed by atoms with Crippen molar-refractivity contribution >= 4 is 21.9 Å². The van der Waals surface area contributed by atoms with Crippen LogP contribution < -0.4 is 9.47 Å². The summed E-state index contributed by atoms with van der Waals surface area (Å²) in [5.41, 5.74) is 3.78. The van der Waals surface area contributed by atoms with Gasteiger partial charge in [0.1, 0.15) is 30.4 Å². The fourth-order valence-corrected chi connectivity index (χ4v) is 3.39. The van der Waals surface area contributed by atoms with E-state index in [4.69, 9.17) is 14.5 Å². The maximum atomic E-state index is 5.74. The monoisotopic (exact) mass is 346 g/mol. The van der Waals surface area contributed by atoms with Crippen LogP contribution in [0.4, 0.5) is 0 Å². The zero-order valence-electron chi connectivity index (χ0n) is 14.5. The number of hydrogen-bond donors (Lipinski definition) is 1. The van der Waals surface area contributed by atoms with Gasteiger partial charge in [-0.1, -0.05) is 18.2 Å². The number of aryl methyl sites for hydroxylation is 3. The minimum atomic E-state index is 0.554. The van der Waals surface area contributed by atoms with Crippen LogP contribution in [-0.2, 0) is 12.8 Å². The molecule has 2 aromatic heterocycles. The van der Waals surface area contributed by atoms with Gasteiger partial charge in [-0.3, -0.25) is 0 Å². The number of rotatable bonds is 3. The molecule has 5 rings (SSSR count). The largest absolute Gasteiger partial charge is 0.486 e. The average Bonchev–Trinajstić information content (AvgIpc) is 3.10. The molecule has 0 spiro atoms. The van der Waals surface area contributed by atoms with Crippen LogP contribution in [0, 0.1) is 6.92 Å². The summed E-state index contributed by atoms with van der Waals surface area (Å²) in [7, 11) is 0. The Labute approximate surface area is 150 Å². The lowest BCUT2D eigenvalue weighted by Gasteiger charge is -2.17. The molecule has 26 heavy (non-hydrogen) atoms. The van der Waals surface area contributed by atoms with E-state index in [9.17, 15) is 0 Å². The van der Waals surface area contributed by atoms with E-state index in [2.05, 4.69) is 21.0 Å². The second kappa shape index (κ2) is 5.98. The van der Waals surface area contributed by atoms with Crippen LogP contribution in [0.25, 0.3) is 21.9 Å². The average molecular weight is 346 g/mol. The van der Waals surface area contributed by atoms with Crippen molar-refractivity contribution in [2.24, 2.45) is 0 Å². The molecule has 1 aliphatic rings. The Bertz CT molecular complexity index is 1120. The van der Waals surface area contributed by atoms with Crippen LogP contribution >= 0.6 is 0 Å². The number of aromatic nitrogens is 4. The highest BCUT2D eigenvalue weighted by molar-refractivity contribution is 5.85. The highest BCUT2D eigenvalue weighted by Gasteiger charge is 2.18. The maximum Gasteiger partial charge on any atom is 0.189 e. The molecule has 1 N–H and O–H groups in total. The van der Waals surface area contributed by atoms with Crippen LogP contribution in [0.1, 0.15) is 17.3 Å². The second-order valence-electron chi connectivity index (χ2n) is 6.41. The van der Waals surface area contributed by atoms with E-state index < -0.39 is 0 Å². The van der Waals surface area contributed by atoms with Crippen molar-refractivity contribution in [1.29, 1.82) is 0 Å². The molecule has 2 aromatic carbocycles. The zero-order chi connectivity index (χ0) is 17.5. The number of fused-ring (bicyclic) bond motifs is 4. The van der Waals surface area contributed by atoms with Crippen LogP contribution in [0.15, 0.2) is 36.4 Å². The van der Waals surface area contributed by atoms with Crippen LogP contribution in [0.2, 0.25) is 0 Å². The summed E-state index contributed by atoms with van der Waals surface area (Å²) in [6, 6.07) is 12.0. The van der Waals surface area contributed by atoms with Crippen molar-refractivity contribution in [3.05, 3.63) is 53.7 Å². The molecule has 0 radical (unpaired) electrons. The molecule has 0 saturated carbocycles. The summed E-state index contributed by atoms with van der Waals surface area (Å²) in [5, 5.41) is 1.10. The van der Waals surface area contributed by atoms with Gasteiger partial charge in [-0.05, 0) is 25.1 Å².